The molecule has 1 nitrogen and oxygen atoms in total. The summed E-state index contributed by atoms with van der Waals surface area (Å²) < 4.78 is 0. The third-order valence-electron chi connectivity index (χ3n) is 12.8. The van der Waals surface area contributed by atoms with Crippen molar-refractivity contribution < 1.29 is 0 Å². The van der Waals surface area contributed by atoms with E-state index in [1.165, 1.54) is 87.2 Å². The number of rotatable bonds is 7. The lowest BCUT2D eigenvalue weighted by atomic mass is 9.84. The Morgan fingerprint density at radius 2 is 0.730 bits per heavy atom. The molecule has 0 spiro atoms. The summed E-state index contributed by atoms with van der Waals surface area (Å²) >= 11 is 0. The van der Waals surface area contributed by atoms with Gasteiger partial charge in [0.05, 0.1) is 11.4 Å². The summed E-state index contributed by atoms with van der Waals surface area (Å²) in [5.41, 5.74) is 12.9. The lowest BCUT2D eigenvalue weighted by Gasteiger charge is -2.30. The van der Waals surface area contributed by atoms with Crippen molar-refractivity contribution in [2.75, 3.05) is 4.90 Å². The Morgan fingerprint density at radius 3 is 1.54 bits per heavy atom. The van der Waals surface area contributed by atoms with Crippen LogP contribution in [0.15, 0.2) is 249 Å². The maximum atomic E-state index is 2.48. The van der Waals surface area contributed by atoms with Gasteiger partial charge in [0, 0.05) is 16.6 Å². The van der Waals surface area contributed by atoms with Gasteiger partial charge in [0.2, 0.25) is 0 Å². The Hall–Kier alpha value is -8.26. The molecule has 0 saturated carbocycles. The molecule has 63 heavy (non-hydrogen) atoms. The third kappa shape index (κ3) is 6.33. The van der Waals surface area contributed by atoms with E-state index in [2.05, 4.69) is 254 Å². The van der Waals surface area contributed by atoms with E-state index in [1.807, 2.05) is 0 Å². The monoisotopic (exact) mass is 799 g/mol. The summed E-state index contributed by atoms with van der Waals surface area (Å²) in [5, 5.41) is 12.4. The van der Waals surface area contributed by atoms with Crippen molar-refractivity contribution >= 4 is 70.9 Å². The zero-order valence-corrected chi connectivity index (χ0v) is 34.6. The van der Waals surface area contributed by atoms with Crippen LogP contribution < -0.4 is 4.90 Å². The second kappa shape index (κ2) is 15.3. The van der Waals surface area contributed by atoms with Gasteiger partial charge in [-0.1, -0.05) is 212 Å². The molecule has 294 valence electrons. The lowest BCUT2D eigenvalue weighted by Crippen LogP contribution is -2.12. The average Bonchev–Trinajstić information content (AvgIpc) is 3.36. The highest BCUT2D eigenvalue weighted by molar-refractivity contribution is 6.22. The van der Waals surface area contributed by atoms with E-state index in [0.717, 1.165) is 28.2 Å². The Kier molecular flexibility index (Phi) is 8.90. The van der Waals surface area contributed by atoms with Gasteiger partial charge in [0.25, 0.3) is 0 Å². The van der Waals surface area contributed by atoms with Gasteiger partial charge in [0.1, 0.15) is 0 Å². The van der Waals surface area contributed by atoms with Crippen molar-refractivity contribution in [3.05, 3.63) is 249 Å². The summed E-state index contributed by atoms with van der Waals surface area (Å²) in [5.74, 6) is 0. The average molecular weight is 800 g/mol. The molecule has 0 bridgehead atoms. The van der Waals surface area contributed by atoms with Crippen molar-refractivity contribution in [3.63, 3.8) is 0 Å². The van der Waals surface area contributed by atoms with E-state index in [9.17, 15) is 0 Å². The van der Waals surface area contributed by atoms with Crippen LogP contribution >= 0.6 is 0 Å². The first-order valence-electron chi connectivity index (χ1n) is 21.8. The molecule has 0 aliphatic heterocycles. The van der Waals surface area contributed by atoms with Gasteiger partial charge in [-0.25, -0.2) is 0 Å². The van der Waals surface area contributed by atoms with Crippen molar-refractivity contribution in [2.24, 2.45) is 0 Å². The second-order valence-electron chi connectivity index (χ2n) is 16.4. The van der Waals surface area contributed by atoms with E-state index < -0.39 is 0 Å². The van der Waals surface area contributed by atoms with E-state index in [-0.39, 0.29) is 0 Å². The highest BCUT2D eigenvalue weighted by Crippen LogP contribution is 2.48. The van der Waals surface area contributed by atoms with Crippen molar-refractivity contribution in [1.29, 1.82) is 0 Å². The summed E-state index contributed by atoms with van der Waals surface area (Å²) in [6.07, 6.45) is 0. The molecule has 1 heteroatoms. The Bertz CT molecular complexity index is 3680. The fourth-order valence-electron chi connectivity index (χ4n) is 9.90. The maximum Gasteiger partial charge on any atom is 0.0540 e. The fraction of sp³-hybridized carbons (Fsp3) is 0. The van der Waals surface area contributed by atoms with Gasteiger partial charge in [0.15, 0.2) is 0 Å². The number of benzene rings is 12. The zero-order valence-electron chi connectivity index (χ0n) is 34.6. The molecule has 0 aliphatic carbocycles. The molecule has 0 fully saturated rings. The van der Waals surface area contributed by atoms with Crippen LogP contribution in [0.25, 0.3) is 98.4 Å². The lowest BCUT2D eigenvalue weighted by molar-refractivity contribution is 1.30. The first-order chi connectivity index (χ1) is 31.3. The van der Waals surface area contributed by atoms with Gasteiger partial charge in [-0.05, 0) is 124 Å². The van der Waals surface area contributed by atoms with Gasteiger partial charge in [-0.3, -0.25) is 0 Å². The molecule has 0 unspecified atom stereocenters. The highest BCUT2D eigenvalue weighted by atomic mass is 15.1. The molecular formula is C62H41N. The molecule has 0 N–H and O–H groups in total. The molecule has 0 amide bonds. The molecule has 0 heterocycles. The Morgan fingerprint density at radius 1 is 0.222 bits per heavy atom. The number of para-hydroxylation sites is 1. The van der Waals surface area contributed by atoms with Crippen LogP contribution in [-0.2, 0) is 0 Å². The Balaban J connectivity index is 1.12. The van der Waals surface area contributed by atoms with Crippen LogP contribution in [0.4, 0.5) is 17.1 Å². The first kappa shape index (κ1) is 36.6. The minimum Gasteiger partial charge on any atom is -0.309 e. The number of hydrogen-bond acceptors (Lipinski definition) is 1. The maximum absolute atomic E-state index is 2.48. The van der Waals surface area contributed by atoms with Crippen LogP contribution in [0.5, 0.6) is 0 Å². The van der Waals surface area contributed by atoms with Gasteiger partial charge in [-0.15, -0.1) is 0 Å². The number of anilines is 3. The van der Waals surface area contributed by atoms with Gasteiger partial charge >= 0.3 is 0 Å². The van der Waals surface area contributed by atoms with Crippen LogP contribution in [-0.4, -0.2) is 0 Å². The fourth-order valence-corrected chi connectivity index (χ4v) is 9.90. The van der Waals surface area contributed by atoms with Crippen LogP contribution in [0.2, 0.25) is 0 Å². The minimum absolute atomic E-state index is 1.09. The zero-order chi connectivity index (χ0) is 41.7. The third-order valence-corrected chi connectivity index (χ3v) is 12.8. The summed E-state index contributed by atoms with van der Waals surface area (Å²) in [6, 6.07) is 91.2. The van der Waals surface area contributed by atoms with Gasteiger partial charge in [-0.2, -0.15) is 0 Å². The number of fused-ring (bicyclic) bond motifs is 7. The smallest absolute Gasteiger partial charge is 0.0540 e. The quantitative estimate of drug-likeness (QED) is 0.145. The number of nitrogens with zero attached hydrogens (tertiary/aromatic N) is 1. The molecule has 0 radical (unpaired) electrons. The normalized spacial score (nSPS) is 11.5. The van der Waals surface area contributed by atoms with Crippen LogP contribution in [0, 0.1) is 0 Å². The van der Waals surface area contributed by atoms with Gasteiger partial charge < -0.3 is 4.90 Å². The molecule has 0 aliphatic rings. The molecule has 12 aromatic carbocycles. The SMILES string of the molecule is c1ccc(-c2c(-c3ccccc3)c3cc(-c4ccccc4N(c4cccc(-c5ccc6ccccc6c5)c4)c4cccc5c4ccc4ccccc45)ccc3c3ccccc23)cc1. The summed E-state index contributed by atoms with van der Waals surface area (Å²) in [4.78, 5) is 2.48. The van der Waals surface area contributed by atoms with E-state index in [1.54, 1.807) is 0 Å². The van der Waals surface area contributed by atoms with Crippen molar-refractivity contribution in [2.45, 2.75) is 0 Å². The topological polar surface area (TPSA) is 3.24 Å². The first-order valence-corrected chi connectivity index (χ1v) is 21.8. The number of hydrogen-bond donors (Lipinski definition) is 0. The minimum atomic E-state index is 1.09. The van der Waals surface area contributed by atoms with E-state index in [4.69, 9.17) is 0 Å². The van der Waals surface area contributed by atoms with Crippen molar-refractivity contribution in [1.82, 2.24) is 0 Å². The standard InChI is InChI=1S/C62H41N/c1-3-19-44(20-4-1)61-57-29-12-11-28-54(57)55-37-36-49(41-58(55)62(61)45-21-5-2-6-22-45)52-27-13-14-31-59(52)63(60-32-16-30-53-51-26-10-9-18-43(51)35-38-56(53)60)50-25-15-24-47(40-50)48-34-33-42-17-7-8-23-46(42)39-48/h1-41H. The highest BCUT2D eigenvalue weighted by Gasteiger charge is 2.22. The molecule has 12 rings (SSSR count). The second-order valence-corrected chi connectivity index (χ2v) is 16.4. The van der Waals surface area contributed by atoms with Crippen LogP contribution in [0.3, 0.4) is 0 Å². The predicted molar refractivity (Wildman–Crippen MR) is 270 cm³/mol. The molecular weight excluding hydrogens is 759 g/mol. The summed E-state index contributed by atoms with van der Waals surface area (Å²) in [7, 11) is 0. The van der Waals surface area contributed by atoms with E-state index in [0.29, 0.717) is 0 Å². The molecule has 0 atom stereocenters. The van der Waals surface area contributed by atoms with Crippen molar-refractivity contribution in [3.8, 4) is 44.5 Å². The van der Waals surface area contributed by atoms with Crippen LogP contribution in [0.1, 0.15) is 0 Å². The Labute approximate surface area is 367 Å². The molecule has 0 aromatic heterocycles. The predicted octanol–water partition coefficient (Wildman–Crippen LogP) is 17.6. The van der Waals surface area contributed by atoms with E-state index >= 15 is 0 Å². The summed E-state index contributed by atoms with van der Waals surface area (Å²) in [6.45, 7) is 0. The molecule has 0 saturated heterocycles. The largest absolute Gasteiger partial charge is 0.309 e. The molecule has 12 aromatic rings.